The minimum absolute atomic E-state index is 0.0660. The van der Waals surface area contributed by atoms with Crippen molar-refractivity contribution in [1.82, 2.24) is 15.1 Å². The molecule has 1 aliphatic rings. The Balaban J connectivity index is 1.84. The molecule has 1 aromatic rings. The fraction of sp³-hybridized carbons (Fsp3) is 0.588. The van der Waals surface area contributed by atoms with E-state index < -0.39 is 0 Å². The van der Waals surface area contributed by atoms with Crippen molar-refractivity contribution in [3.63, 3.8) is 0 Å². The highest BCUT2D eigenvalue weighted by atomic mass is 35.5. The molecule has 1 heterocycles. The number of nitrogens with zero attached hydrogens (tertiary/aromatic N) is 2. The number of halogens is 1. The van der Waals surface area contributed by atoms with Crippen molar-refractivity contribution in [3.8, 4) is 0 Å². The van der Waals surface area contributed by atoms with Crippen LogP contribution in [-0.4, -0.2) is 61.1 Å². The lowest BCUT2D eigenvalue weighted by Gasteiger charge is -2.43. The largest absolute Gasteiger partial charge is 0.336 e. The molecular weight excluding hydrogens is 312 g/mol. The second-order valence-electron chi connectivity index (χ2n) is 6.87. The normalized spacial score (nSPS) is 17.1. The minimum Gasteiger partial charge on any atom is -0.336 e. The molecule has 2 rings (SSSR count). The van der Waals surface area contributed by atoms with Crippen molar-refractivity contribution in [2.24, 2.45) is 0 Å². The number of anilines is 1. The first-order chi connectivity index (χ1) is 10.8. The zero-order chi connectivity index (χ0) is 17.0. The summed E-state index contributed by atoms with van der Waals surface area (Å²) in [6.45, 7) is 11.1. The molecular formula is C17H27ClN4O. The van der Waals surface area contributed by atoms with E-state index >= 15 is 0 Å². The molecule has 0 aliphatic carbocycles. The SMILES string of the molecule is Cc1ccc(NC(=O)NCC(C)(C)N2CCN(C)CC2)cc1Cl. The molecule has 2 amide bonds. The first-order valence-corrected chi connectivity index (χ1v) is 8.40. The molecule has 5 nitrogen and oxygen atoms in total. The van der Waals surface area contributed by atoms with Crippen LogP contribution in [0.1, 0.15) is 19.4 Å². The average molecular weight is 339 g/mol. The summed E-state index contributed by atoms with van der Waals surface area (Å²) in [7, 11) is 2.14. The van der Waals surface area contributed by atoms with E-state index in [0.717, 1.165) is 31.7 Å². The molecule has 0 bridgehead atoms. The number of benzene rings is 1. The van der Waals surface area contributed by atoms with E-state index in [-0.39, 0.29) is 11.6 Å². The van der Waals surface area contributed by atoms with Gasteiger partial charge < -0.3 is 15.5 Å². The van der Waals surface area contributed by atoms with Gasteiger partial charge in [-0.3, -0.25) is 4.90 Å². The Kier molecular flexibility index (Phi) is 5.89. The number of hydrogen-bond donors (Lipinski definition) is 2. The highest BCUT2D eigenvalue weighted by molar-refractivity contribution is 6.31. The van der Waals surface area contributed by atoms with E-state index in [2.05, 4.69) is 41.3 Å². The van der Waals surface area contributed by atoms with Crippen LogP contribution in [-0.2, 0) is 0 Å². The van der Waals surface area contributed by atoms with Crippen molar-refractivity contribution >= 4 is 23.3 Å². The molecule has 1 saturated heterocycles. The van der Waals surface area contributed by atoms with Gasteiger partial charge in [-0.1, -0.05) is 17.7 Å². The molecule has 0 saturated carbocycles. The van der Waals surface area contributed by atoms with Gasteiger partial charge in [0.25, 0.3) is 0 Å². The fourth-order valence-corrected chi connectivity index (χ4v) is 2.85. The first-order valence-electron chi connectivity index (χ1n) is 8.02. The Morgan fingerprint density at radius 2 is 1.91 bits per heavy atom. The fourth-order valence-electron chi connectivity index (χ4n) is 2.67. The van der Waals surface area contributed by atoms with Crippen molar-refractivity contribution < 1.29 is 4.79 Å². The highest BCUT2D eigenvalue weighted by Gasteiger charge is 2.29. The summed E-state index contributed by atoms with van der Waals surface area (Å²) in [4.78, 5) is 16.9. The summed E-state index contributed by atoms with van der Waals surface area (Å²) in [5, 5.41) is 6.45. The van der Waals surface area contributed by atoms with Crippen LogP contribution in [0.3, 0.4) is 0 Å². The summed E-state index contributed by atoms with van der Waals surface area (Å²) in [6.07, 6.45) is 0. The van der Waals surface area contributed by atoms with E-state index in [9.17, 15) is 4.79 Å². The van der Waals surface area contributed by atoms with Crippen LogP contribution < -0.4 is 10.6 Å². The zero-order valence-corrected chi connectivity index (χ0v) is 15.2. The Labute approximate surface area is 144 Å². The van der Waals surface area contributed by atoms with Crippen LogP contribution in [0.25, 0.3) is 0 Å². The summed E-state index contributed by atoms with van der Waals surface area (Å²) in [5.41, 5.74) is 1.63. The van der Waals surface area contributed by atoms with Gasteiger partial charge in [-0.15, -0.1) is 0 Å². The molecule has 0 atom stereocenters. The lowest BCUT2D eigenvalue weighted by Crippen LogP contribution is -2.58. The predicted octanol–water partition coefficient (Wildman–Crippen LogP) is 2.80. The van der Waals surface area contributed by atoms with Gasteiger partial charge in [0, 0.05) is 49.0 Å². The maximum Gasteiger partial charge on any atom is 0.319 e. The third-order valence-corrected chi connectivity index (χ3v) is 4.88. The minimum atomic E-state index is -0.202. The van der Waals surface area contributed by atoms with Gasteiger partial charge in [-0.05, 0) is 45.5 Å². The summed E-state index contributed by atoms with van der Waals surface area (Å²) < 4.78 is 0. The maximum atomic E-state index is 12.1. The van der Waals surface area contributed by atoms with E-state index in [1.165, 1.54) is 0 Å². The molecule has 1 aromatic carbocycles. The second-order valence-corrected chi connectivity index (χ2v) is 7.28. The van der Waals surface area contributed by atoms with Gasteiger partial charge in [0.2, 0.25) is 0 Å². The lowest BCUT2D eigenvalue weighted by atomic mass is 10.0. The van der Waals surface area contributed by atoms with Crippen molar-refractivity contribution in [2.45, 2.75) is 26.3 Å². The molecule has 0 radical (unpaired) electrons. The Morgan fingerprint density at radius 1 is 1.26 bits per heavy atom. The first kappa shape index (κ1) is 18.0. The molecule has 1 aliphatic heterocycles. The summed E-state index contributed by atoms with van der Waals surface area (Å²) >= 11 is 6.08. The number of rotatable bonds is 4. The topological polar surface area (TPSA) is 47.6 Å². The van der Waals surface area contributed by atoms with Crippen LogP contribution in [0.5, 0.6) is 0 Å². The quantitative estimate of drug-likeness (QED) is 0.887. The van der Waals surface area contributed by atoms with Crippen molar-refractivity contribution in [2.75, 3.05) is 45.1 Å². The number of piperazine rings is 1. The van der Waals surface area contributed by atoms with Gasteiger partial charge in [0.1, 0.15) is 0 Å². The molecule has 1 fully saturated rings. The third-order valence-electron chi connectivity index (χ3n) is 4.47. The van der Waals surface area contributed by atoms with E-state index in [0.29, 0.717) is 17.3 Å². The second kappa shape index (κ2) is 7.51. The van der Waals surface area contributed by atoms with Crippen LogP contribution >= 0.6 is 11.6 Å². The Hall–Kier alpha value is -1.30. The number of likely N-dealkylation sites (N-methyl/N-ethyl adjacent to an activating group) is 1. The maximum absolute atomic E-state index is 12.1. The lowest BCUT2D eigenvalue weighted by molar-refractivity contribution is 0.0636. The summed E-state index contributed by atoms with van der Waals surface area (Å²) in [6, 6.07) is 5.31. The Morgan fingerprint density at radius 3 is 2.52 bits per heavy atom. The number of urea groups is 1. The number of carbonyl (C=O) groups is 1. The third kappa shape index (κ3) is 5.09. The number of aryl methyl sites for hydroxylation is 1. The average Bonchev–Trinajstić information content (AvgIpc) is 2.50. The molecule has 2 N–H and O–H groups in total. The Bertz CT molecular complexity index is 554. The predicted molar refractivity (Wildman–Crippen MR) is 96.4 cm³/mol. The highest BCUT2D eigenvalue weighted by Crippen LogP contribution is 2.20. The van der Waals surface area contributed by atoms with Crippen LogP contribution in [0.2, 0.25) is 5.02 Å². The van der Waals surface area contributed by atoms with Crippen molar-refractivity contribution in [3.05, 3.63) is 28.8 Å². The van der Waals surface area contributed by atoms with E-state index in [4.69, 9.17) is 11.6 Å². The number of nitrogens with one attached hydrogen (secondary N) is 2. The molecule has 0 spiro atoms. The molecule has 0 unspecified atom stereocenters. The smallest absolute Gasteiger partial charge is 0.319 e. The van der Waals surface area contributed by atoms with Crippen LogP contribution in [0.4, 0.5) is 10.5 Å². The van der Waals surface area contributed by atoms with Gasteiger partial charge in [-0.25, -0.2) is 4.79 Å². The van der Waals surface area contributed by atoms with Gasteiger partial charge in [0.15, 0.2) is 0 Å². The summed E-state index contributed by atoms with van der Waals surface area (Å²) in [5.74, 6) is 0. The molecule has 23 heavy (non-hydrogen) atoms. The monoisotopic (exact) mass is 338 g/mol. The van der Waals surface area contributed by atoms with Gasteiger partial charge >= 0.3 is 6.03 Å². The standard InChI is InChI=1S/C17H27ClN4O/c1-13-5-6-14(11-15(13)18)20-16(23)19-12-17(2,3)22-9-7-21(4)8-10-22/h5-6,11H,7-10,12H2,1-4H3,(H2,19,20,23). The van der Waals surface area contributed by atoms with Gasteiger partial charge in [-0.2, -0.15) is 0 Å². The molecule has 0 aromatic heterocycles. The van der Waals surface area contributed by atoms with E-state index in [1.54, 1.807) is 6.07 Å². The number of hydrogen-bond acceptors (Lipinski definition) is 3. The molecule has 6 heteroatoms. The van der Waals surface area contributed by atoms with Crippen LogP contribution in [0, 0.1) is 6.92 Å². The van der Waals surface area contributed by atoms with Gasteiger partial charge in [0.05, 0.1) is 0 Å². The number of carbonyl (C=O) groups excluding carboxylic acids is 1. The van der Waals surface area contributed by atoms with Crippen LogP contribution in [0.15, 0.2) is 18.2 Å². The molecule has 128 valence electrons. The number of amides is 2. The van der Waals surface area contributed by atoms with E-state index in [1.807, 2.05) is 19.1 Å². The van der Waals surface area contributed by atoms with Crippen molar-refractivity contribution in [1.29, 1.82) is 0 Å². The zero-order valence-electron chi connectivity index (χ0n) is 14.4.